The fourth-order valence-electron chi connectivity index (χ4n) is 4.33. The summed E-state index contributed by atoms with van der Waals surface area (Å²) in [7, 11) is 3.29. The van der Waals surface area contributed by atoms with Crippen molar-refractivity contribution in [1.29, 1.82) is 0 Å². The summed E-state index contributed by atoms with van der Waals surface area (Å²) in [6, 6.07) is 23.9. The van der Waals surface area contributed by atoms with Crippen LogP contribution in [0.2, 0.25) is 0 Å². The van der Waals surface area contributed by atoms with Gasteiger partial charge in [-0.25, -0.2) is 0 Å². The van der Waals surface area contributed by atoms with E-state index in [9.17, 15) is 4.79 Å². The molecule has 1 aromatic heterocycles. The lowest BCUT2D eigenvalue weighted by Gasteiger charge is -2.15. The largest absolute Gasteiger partial charge is 0.497 e. The molecule has 0 bridgehead atoms. The number of nitrogens with zero attached hydrogens (tertiary/aromatic N) is 2. The quantitative estimate of drug-likeness (QED) is 0.431. The highest BCUT2D eigenvalue weighted by atomic mass is 16.5. The number of hydrogen-bond acceptors (Lipinski definition) is 4. The van der Waals surface area contributed by atoms with Crippen LogP contribution < -0.4 is 9.47 Å². The monoisotopic (exact) mass is 424 g/mol. The Kier molecular flexibility index (Phi) is 5.23. The Morgan fingerprint density at radius 3 is 2.50 bits per heavy atom. The summed E-state index contributed by atoms with van der Waals surface area (Å²) in [5, 5.41) is 1.12. The molecule has 2 heterocycles. The van der Waals surface area contributed by atoms with Crippen molar-refractivity contribution >= 4 is 16.8 Å². The highest BCUT2D eigenvalue weighted by Gasteiger charge is 2.32. The van der Waals surface area contributed by atoms with E-state index >= 15 is 0 Å². The van der Waals surface area contributed by atoms with Gasteiger partial charge in [-0.15, -0.1) is 0 Å². The average Bonchev–Trinajstić information content (AvgIpc) is 3.18. The van der Waals surface area contributed by atoms with Gasteiger partial charge in [0.2, 0.25) is 0 Å². The number of pyridine rings is 1. The van der Waals surface area contributed by atoms with E-state index < -0.39 is 0 Å². The number of amides is 1. The molecule has 1 aliphatic heterocycles. The maximum Gasteiger partial charge on any atom is 0.255 e. The van der Waals surface area contributed by atoms with Gasteiger partial charge in [0.05, 0.1) is 31.8 Å². The molecule has 5 rings (SSSR count). The Hall–Kier alpha value is -3.86. The smallest absolute Gasteiger partial charge is 0.255 e. The van der Waals surface area contributed by atoms with E-state index in [4.69, 9.17) is 14.5 Å². The van der Waals surface area contributed by atoms with Gasteiger partial charge in [-0.2, -0.15) is 0 Å². The van der Waals surface area contributed by atoms with Crippen LogP contribution in [0.25, 0.3) is 22.0 Å². The molecule has 0 spiro atoms. The normalized spacial score (nSPS) is 12.8. The fraction of sp³-hybridized carbons (Fsp3) is 0.185. The molecule has 0 fully saturated rings. The van der Waals surface area contributed by atoms with Crippen LogP contribution in [0, 0.1) is 0 Å². The molecular weight excluding hydrogens is 400 g/mol. The number of para-hydroxylation sites is 1. The van der Waals surface area contributed by atoms with Crippen molar-refractivity contribution in [3.63, 3.8) is 0 Å². The number of carbonyl (C=O) groups excluding carboxylic acids is 1. The van der Waals surface area contributed by atoms with Gasteiger partial charge in [0, 0.05) is 29.6 Å². The van der Waals surface area contributed by atoms with E-state index in [2.05, 4.69) is 12.1 Å². The summed E-state index contributed by atoms with van der Waals surface area (Å²) < 4.78 is 10.9. The van der Waals surface area contributed by atoms with E-state index in [1.165, 1.54) is 0 Å². The lowest BCUT2D eigenvalue weighted by atomic mass is 9.96. The molecule has 5 heteroatoms. The molecule has 0 N–H and O–H groups in total. The summed E-state index contributed by atoms with van der Waals surface area (Å²) in [6.45, 7) is 1.14. The number of hydrogen-bond donors (Lipinski definition) is 0. The number of carbonyl (C=O) groups is 1. The number of ether oxygens (including phenoxy) is 2. The Balaban J connectivity index is 1.42. The molecular formula is C27H24N2O3. The van der Waals surface area contributed by atoms with Gasteiger partial charge < -0.3 is 14.4 Å². The molecule has 0 radical (unpaired) electrons. The second-order valence-electron chi connectivity index (χ2n) is 7.87. The third kappa shape index (κ3) is 3.56. The van der Waals surface area contributed by atoms with E-state index in [-0.39, 0.29) is 5.91 Å². The number of benzene rings is 3. The van der Waals surface area contributed by atoms with E-state index in [0.717, 1.165) is 50.3 Å². The lowest BCUT2D eigenvalue weighted by molar-refractivity contribution is 0.0780. The zero-order chi connectivity index (χ0) is 22.1. The summed E-state index contributed by atoms with van der Waals surface area (Å²) in [5.41, 5.74) is 5.52. The SMILES string of the molecule is COc1ccc(-c2ccc(OC)c3c2C(=O)N(CCc2ccc4ccccc4n2)C3)cc1. The van der Waals surface area contributed by atoms with Gasteiger partial charge in [-0.05, 0) is 47.5 Å². The molecule has 4 aromatic rings. The van der Waals surface area contributed by atoms with Crippen molar-refractivity contribution in [2.24, 2.45) is 0 Å². The molecule has 0 saturated carbocycles. The molecule has 5 nitrogen and oxygen atoms in total. The molecule has 0 unspecified atom stereocenters. The summed E-state index contributed by atoms with van der Waals surface area (Å²) in [6.07, 6.45) is 0.699. The molecule has 0 aliphatic carbocycles. The Morgan fingerprint density at radius 1 is 0.906 bits per heavy atom. The predicted octanol–water partition coefficient (Wildman–Crippen LogP) is 5.12. The van der Waals surface area contributed by atoms with Crippen LogP contribution in [-0.2, 0) is 13.0 Å². The summed E-state index contributed by atoms with van der Waals surface area (Å²) in [4.78, 5) is 20.1. The first-order valence-electron chi connectivity index (χ1n) is 10.7. The van der Waals surface area contributed by atoms with Crippen molar-refractivity contribution in [2.75, 3.05) is 20.8 Å². The predicted molar refractivity (Wildman–Crippen MR) is 125 cm³/mol. The minimum atomic E-state index is 0.0329. The minimum Gasteiger partial charge on any atom is -0.497 e. The van der Waals surface area contributed by atoms with Gasteiger partial charge in [-0.3, -0.25) is 9.78 Å². The Bertz CT molecular complexity index is 1300. The van der Waals surface area contributed by atoms with Crippen molar-refractivity contribution < 1.29 is 14.3 Å². The van der Waals surface area contributed by atoms with Gasteiger partial charge in [0.25, 0.3) is 5.91 Å². The van der Waals surface area contributed by atoms with E-state index in [1.54, 1.807) is 14.2 Å². The van der Waals surface area contributed by atoms with Gasteiger partial charge in [0.15, 0.2) is 0 Å². The summed E-state index contributed by atoms with van der Waals surface area (Å²) in [5.74, 6) is 1.57. The second kappa shape index (κ2) is 8.35. The van der Waals surface area contributed by atoms with Crippen LogP contribution in [0.15, 0.2) is 72.8 Å². The first-order chi connectivity index (χ1) is 15.7. The van der Waals surface area contributed by atoms with Crippen LogP contribution in [0.4, 0.5) is 0 Å². The average molecular weight is 425 g/mol. The first kappa shape index (κ1) is 20.1. The molecule has 32 heavy (non-hydrogen) atoms. The highest BCUT2D eigenvalue weighted by Crippen LogP contribution is 2.38. The molecule has 3 aromatic carbocycles. The highest BCUT2D eigenvalue weighted by molar-refractivity contribution is 6.05. The number of methoxy groups -OCH3 is 2. The van der Waals surface area contributed by atoms with Crippen LogP contribution in [-0.4, -0.2) is 36.6 Å². The standard InChI is InChI=1S/C27H24N2O3/c1-31-21-11-8-18(9-12-21)22-13-14-25(32-2)23-17-29(27(30)26(22)23)16-15-20-10-7-19-5-3-4-6-24(19)28-20/h3-14H,15-17H2,1-2H3. The van der Waals surface area contributed by atoms with Crippen molar-refractivity contribution in [3.8, 4) is 22.6 Å². The zero-order valence-corrected chi connectivity index (χ0v) is 18.2. The maximum atomic E-state index is 13.4. The van der Waals surface area contributed by atoms with Crippen LogP contribution >= 0.6 is 0 Å². The van der Waals surface area contributed by atoms with Crippen LogP contribution in [0.5, 0.6) is 11.5 Å². The molecule has 1 aliphatic rings. The second-order valence-corrected chi connectivity index (χ2v) is 7.87. The van der Waals surface area contributed by atoms with Crippen molar-refractivity contribution in [2.45, 2.75) is 13.0 Å². The molecule has 1 amide bonds. The van der Waals surface area contributed by atoms with Crippen LogP contribution in [0.3, 0.4) is 0 Å². The Labute approximate surface area is 187 Å². The van der Waals surface area contributed by atoms with Crippen molar-refractivity contribution in [1.82, 2.24) is 9.88 Å². The summed E-state index contributed by atoms with van der Waals surface area (Å²) >= 11 is 0. The van der Waals surface area contributed by atoms with Crippen molar-refractivity contribution in [3.05, 3.63) is 89.6 Å². The van der Waals surface area contributed by atoms with Gasteiger partial charge in [-0.1, -0.05) is 36.4 Å². The Morgan fingerprint density at radius 2 is 1.72 bits per heavy atom. The van der Waals surface area contributed by atoms with Crippen LogP contribution in [0.1, 0.15) is 21.6 Å². The zero-order valence-electron chi connectivity index (χ0n) is 18.2. The minimum absolute atomic E-state index is 0.0329. The topological polar surface area (TPSA) is 51.7 Å². The van der Waals surface area contributed by atoms with Gasteiger partial charge in [0.1, 0.15) is 11.5 Å². The van der Waals surface area contributed by atoms with E-state index in [0.29, 0.717) is 19.5 Å². The number of aromatic nitrogens is 1. The lowest BCUT2D eigenvalue weighted by Crippen LogP contribution is -2.26. The van der Waals surface area contributed by atoms with E-state index in [1.807, 2.05) is 65.6 Å². The maximum absolute atomic E-state index is 13.4. The molecule has 0 atom stereocenters. The first-order valence-corrected chi connectivity index (χ1v) is 10.7. The third-order valence-electron chi connectivity index (χ3n) is 6.03. The third-order valence-corrected chi connectivity index (χ3v) is 6.03. The number of rotatable bonds is 6. The fourth-order valence-corrected chi connectivity index (χ4v) is 4.33. The number of fused-ring (bicyclic) bond motifs is 2. The molecule has 0 saturated heterocycles. The molecule has 160 valence electrons. The van der Waals surface area contributed by atoms with Gasteiger partial charge >= 0.3 is 0 Å².